The van der Waals surface area contributed by atoms with Crippen LogP contribution < -0.4 is 0 Å². The van der Waals surface area contributed by atoms with Crippen molar-refractivity contribution < 1.29 is 4.65 Å². The Kier molecular flexibility index (Phi) is 2.26. The summed E-state index contributed by atoms with van der Waals surface area (Å²) < 4.78 is 3.80. The minimum absolute atomic E-state index is 1.30. The van der Waals surface area contributed by atoms with Gasteiger partial charge in [-0.2, -0.15) is 15.8 Å². The maximum absolute atomic E-state index is 8.08. The molecule has 5 heteroatoms. The van der Waals surface area contributed by atoms with Crippen molar-refractivity contribution >= 4 is 8.05 Å². The number of hydrogen-bond donors (Lipinski definition) is 0. The second-order valence-corrected chi connectivity index (χ2v) is 1.13. The predicted octanol–water partition coefficient (Wildman–Crippen LogP) is -0.604. The average molecular weight is 117 g/mol. The molecule has 0 aliphatic heterocycles. The van der Waals surface area contributed by atoms with Gasteiger partial charge in [-0.05, 0) is 0 Å². The minimum Gasteiger partial charge on any atom is -0.666 e. The van der Waals surface area contributed by atoms with E-state index in [1.165, 1.54) is 18.2 Å². The first-order chi connectivity index (χ1) is 4.24. The third-order valence-electron chi connectivity index (χ3n) is 0.649. The van der Waals surface area contributed by atoms with Crippen molar-refractivity contribution in [3.8, 4) is 18.2 Å². The highest BCUT2D eigenvalue weighted by Gasteiger charge is 2.22. The number of nitrogens with zero attached hydrogens (tertiary/aromatic N) is 3. The molecule has 0 aliphatic carbocycles. The third kappa shape index (κ3) is 1.19. The van der Waals surface area contributed by atoms with E-state index in [-0.39, 0.29) is 0 Å². The van der Waals surface area contributed by atoms with Crippen molar-refractivity contribution in [3.05, 3.63) is 0 Å². The van der Waals surface area contributed by atoms with E-state index in [2.05, 4.69) is 12.7 Å². The fourth-order valence-electron chi connectivity index (χ4n) is 0.154. The van der Waals surface area contributed by atoms with Crippen LogP contribution in [0.25, 0.3) is 0 Å². The molecule has 0 aromatic rings. The van der Waals surface area contributed by atoms with E-state index in [1.807, 2.05) is 0 Å². The summed E-state index contributed by atoms with van der Waals surface area (Å²) in [6.45, 7) is 0. The van der Waals surface area contributed by atoms with Gasteiger partial charge in [-0.1, -0.05) is 0 Å². The van der Waals surface area contributed by atoms with Gasteiger partial charge in [-0.25, -0.2) is 0 Å². The molecule has 3 radical (unpaired) electrons. The second-order valence-electron chi connectivity index (χ2n) is 1.13. The van der Waals surface area contributed by atoms with Crippen molar-refractivity contribution in [1.29, 1.82) is 15.8 Å². The van der Waals surface area contributed by atoms with Gasteiger partial charge in [-0.15, -0.1) is 0 Å². The molecule has 0 spiro atoms. The van der Waals surface area contributed by atoms with Crippen LogP contribution in [0, 0.1) is 34.0 Å². The Morgan fingerprint density at radius 2 is 1.44 bits per heavy atom. The first-order valence-electron chi connectivity index (χ1n) is 1.86. The van der Waals surface area contributed by atoms with E-state index in [4.69, 9.17) is 15.8 Å². The molecule has 0 aromatic heterocycles. The predicted molar refractivity (Wildman–Crippen MR) is 26.4 cm³/mol. The topological polar surface area (TPSA) is 80.6 Å². The summed E-state index contributed by atoms with van der Waals surface area (Å²) in [4.78, 5) is 0. The summed E-state index contributed by atoms with van der Waals surface area (Å²) in [5.74, 6) is 0. The van der Waals surface area contributed by atoms with Gasteiger partial charge in [0.2, 0.25) is 0 Å². The highest BCUT2D eigenvalue weighted by Crippen LogP contribution is 2.02. The lowest BCUT2D eigenvalue weighted by molar-refractivity contribution is 0.269. The molecule has 0 amide bonds. The minimum atomic E-state index is -2.14. The van der Waals surface area contributed by atoms with Crippen molar-refractivity contribution in [1.82, 2.24) is 0 Å². The molecule has 0 atom stereocenters. The van der Waals surface area contributed by atoms with E-state index < -0.39 is 5.60 Å². The summed E-state index contributed by atoms with van der Waals surface area (Å²) >= 11 is 0. The van der Waals surface area contributed by atoms with Crippen LogP contribution >= 0.6 is 0 Å². The van der Waals surface area contributed by atoms with Crippen LogP contribution in [0.5, 0.6) is 0 Å². The van der Waals surface area contributed by atoms with E-state index in [1.54, 1.807) is 0 Å². The van der Waals surface area contributed by atoms with Gasteiger partial charge in [0.05, 0.1) is 0 Å². The van der Waals surface area contributed by atoms with Crippen LogP contribution in [-0.4, -0.2) is 13.7 Å². The summed E-state index contributed by atoms with van der Waals surface area (Å²) in [5, 5.41) is 24.2. The molecular formula is C4BN3O-. The summed E-state index contributed by atoms with van der Waals surface area (Å²) in [6, 6.07) is 3.89. The number of rotatable bonds is 1. The van der Waals surface area contributed by atoms with Crippen LogP contribution in [0.3, 0.4) is 0 Å². The number of hydrogen-bond acceptors (Lipinski definition) is 4. The molecule has 0 saturated carbocycles. The summed E-state index contributed by atoms with van der Waals surface area (Å²) in [6.07, 6.45) is 0. The van der Waals surface area contributed by atoms with Gasteiger partial charge in [0.25, 0.3) is 5.60 Å². The normalized spacial score (nSPS) is 8.67. The molecular weight excluding hydrogens is 117 g/mol. The van der Waals surface area contributed by atoms with Crippen LogP contribution in [-0.2, 0) is 4.65 Å². The molecule has 0 aromatic carbocycles. The molecule has 0 rings (SSSR count). The Bertz CT molecular complexity index is 181. The summed E-state index contributed by atoms with van der Waals surface area (Å²) in [7, 11) is 4.47. The van der Waals surface area contributed by atoms with Crippen molar-refractivity contribution in [2.24, 2.45) is 0 Å². The molecule has 0 saturated heterocycles. The van der Waals surface area contributed by atoms with Crippen molar-refractivity contribution in [2.75, 3.05) is 0 Å². The molecule has 0 heterocycles. The molecule has 0 unspecified atom stereocenters. The molecule has 0 aliphatic rings. The molecule has 0 bridgehead atoms. The molecule has 4 nitrogen and oxygen atoms in total. The maximum Gasteiger partial charge on any atom is 0.282 e. The highest BCUT2D eigenvalue weighted by atomic mass is 16.4. The van der Waals surface area contributed by atoms with E-state index in [9.17, 15) is 0 Å². The molecule has 9 heavy (non-hydrogen) atoms. The van der Waals surface area contributed by atoms with Crippen LogP contribution in [0.4, 0.5) is 0 Å². The van der Waals surface area contributed by atoms with E-state index >= 15 is 0 Å². The first kappa shape index (κ1) is 7.49. The summed E-state index contributed by atoms with van der Waals surface area (Å²) in [5.41, 5.74) is -2.14. The standard InChI is InChI=1S/C4BN3O/c5-9-4(1-6,2-7)3-8/q-1. The molecule has 0 fully saturated rings. The lowest BCUT2D eigenvalue weighted by atomic mass is 10.1. The van der Waals surface area contributed by atoms with Gasteiger partial charge in [-0.3, -0.25) is 0 Å². The fraction of sp³-hybridized carbons (Fsp3) is 0.250. The van der Waals surface area contributed by atoms with Gasteiger partial charge in [0.15, 0.2) is 0 Å². The zero-order valence-corrected chi connectivity index (χ0v) is 4.33. The zero-order valence-electron chi connectivity index (χ0n) is 4.33. The molecule has 0 N–H and O–H groups in total. The van der Waals surface area contributed by atoms with Gasteiger partial charge in [0, 0.05) is 0 Å². The van der Waals surface area contributed by atoms with Crippen molar-refractivity contribution in [2.45, 2.75) is 5.60 Å². The lowest BCUT2D eigenvalue weighted by Crippen LogP contribution is -2.24. The monoisotopic (exact) mass is 117 g/mol. The maximum atomic E-state index is 8.08. The van der Waals surface area contributed by atoms with Gasteiger partial charge < -0.3 is 12.7 Å². The Balaban J connectivity index is 4.54. The quantitative estimate of drug-likeness (QED) is 0.429. The largest absolute Gasteiger partial charge is 0.666 e. The van der Waals surface area contributed by atoms with Crippen molar-refractivity contribution in [3.63, 3.8) is 0 Å². The second kappa shape index (κ2) is 2.72. The smallest absolute Gasteiger partial charge is 0.282 e. The Morgan fingerprint density at radius 3 is 1.44 bits per heavy atom. The van der Waals surface area contributed by atoms with Crippen LogP contribution in [0.2, 0.25) is 0 Å². The van der Waals surface area contributed by atoms with E-state index in [0.717, 1.165) is 0 Å². The molecule has 41 valence electrons. The van der Waals surface area contributed by atoms with Gasteiger partial charge in [0.1, 0.15) is 18.2 Å². The Morgan fingerprint density at radius 1 is 1.11 bits per heavy atom. The Hall–Kier alpha value is -1.51. The first-order valence-corrected chi connectivity index (χ1v) is 1.86. The van der Waals surface area contributed by atoms with Gasteiger partial charge >= 0.3 is 0 Å². The lowest BCUT2D eigenvalue weighted by Gasteiger charge is -2.18. The number of nitriles is 3. The fourth-order valence-corrected chi connectivity index (χ4v) is 0.154. The van der Waals surface area contributed by atoms with Crippen LogP contribution in [0.1, 0.15) is 0 Å². The SMILES string of the molecule is [B-]OC(C#N)(C#N)C#N. The third-order valence-corrected chi connectivity index (χ3v) is 0.649. The Labute approximate surface area is 53.3 Å². The zero-order chi connectivity index (χ0) is 7.33. The van der Waals surface area contributed by atoms with Crippen LogP contribution in [0.15, 0.2) is 0 Å². The average Bonchev–Trinajstić information content (AvgIpc) is 1.95. The van der Waals surface area contributed by atoms with E-state index in [0.29, 0.717) is 0 Å². The highest BCUT2D eigenvalue weighted by molar-refractivity contribution is 5.99.